The molecule has 0 fully saturated rings. The third kappa shape index (κ3) is 2.19. The summed E-state index contributed by atoms with van der Waals surface area (Å²) in [4.78, 5) is 8.24. The van der Waals surface area contributed by atoms with Crippen molar-refractivity contribution in [1.29, 1.82) is 0 Å². The summed E-state index contributed by atoms with van der Waals surface area (Å²) >= 11 is 6.07. The third-order valence-corrected chi connectivity index (χ3v) is 3.74. The average Bonchev–Trinajstić information content (AvgIpc) is 2.39. The Labute approximate surface area is 119 Å². The van der Waals surface area contributed by atoms with E-state index in [1.807, 2.05) is 18.2 Å². The highest BCUT2D eigenvalue weighted by Crippen LogP contribution is 2.29. The molecule has 1 aliphatic heterocycles. The highest BCUT2D eigenvalue weighted by atomic mass is 35.5. The Morgan fingerprint density at radius 2 is 1.80 bits per heavy atom. The van der Waals surface area contributed by atoms with E-state index in [0.717, 1.165) is 0 Å². The lowest BCUT2D eigenvalue weighted by atomic mass is 10.1. The van der Waals surface area contributed by atoms with Crippen LogP contribution in [0.4, 0.5) is 5.82 Å². The normalized spacial score (nSPS) is 15.9. The Balaban J connectivity index is 2.22. The summed E-state index contributed by atoms with van der Waals surface area (Å²) in [6.07, 6.45) is 0. The van der Waals surface area contributed by atoms with Crippen molar-refractivity contribution < 1.29 is 8.42 Å². The van der Waals surface area contributed by atoms with Crippen LogP contribution in [0.2, 0.25) is 5.15 Å². The van der Waals surface area contributed by atoms with E-state index >= 15 is 0 Å². The number of fused-ring (bicyclic) bond motifs is 1. The van der Waals surface area contributed by atoms with E-state index in [9.17, 15) is 8.42 Å². The van der Waals surface area contributed by atoms with Gasteiger partial charge >= 0.3 is 10.2 Å². The van der Waals surface area contributed by atoms with E-state index in [0.29, 0.717) is 11.3 Å². The number of hydrogen-bond acceptors (Lipinski definition) is 5. The summed E-state index contributed by atoms with van der Waals surface area (Å²) in [5, 5.41) is 0.120. The first-order valence-corrected chi connectivity index (χ1v) is 7.29. The molecule has 3 N–H and O–H groups in total. The summed E-state index contributed by atoms with van der Waals surface area (Å²) in [6, 6.07) is 9.05. The lowest BCUT2D eigenvalue weighted by Crippen LogP contribution is -2.28. The molecule has 0 amide bonds. The van der Waals surface area contributed by atoms with Gasteiger partial charge in [-0.3, -0.25) is 0 Å². The fourth-order valence-corrected chi connectivity index (χ4v) is 2.78. The molecule has 1 aliphatic rings. The predicted molar refractivity (Wildman–Crippen MR) is 75.7 cm³/mol. The van der Waals surface area contributed by atoms with Crippen molar-refractivity contribution in [2.45, 2.75) is 0 Å². The largest absolute Gasteiger partial charge is 0.381 e. The molecular formula is C11H8ClN5O2S. The molecule has 2 aromatic rings. The van der Waals surface area contributed by atoms with Gasteiger partial charge in [-0.15, -0.1) is 4.40 Å². The highest BCUT2D eigenvalue weighted by Gasteiger charge is 2.25. The molecule has 2 heterocycles. The highest BCUT2D eigenvalue weighted by molar-refractivity contribution is 7.91. The number of amidine groups is 1. The summed E-state index contributed by atoms with van der Waals surface area (Å²) in [7, 11) is -3.89. The zero-order valence-corrected chi connectivity index (χ0v) is 11.5. The number of nitrogens with one attached hydrogen (secondary N) is 1. The summed E-state index contributed by atoms with van der Waals surface area (Å²) in [5.41, 5.74) is 6.74. The Hall–Kier alpha value is -2.19. The Morgan fingerprint density at radius 1 is 1.10 bits per heavy atom. The molecule has 20 heavy (non-hydrogen) atoms. The van der Waals surface area contributed by atoms with Gasteiger partial charge in [-0.1, -0.05) is 41.9 Å². The molecule has 0 unspecified atom stereocenters. The van der Waals surface area contributed by atoms with E-state index in [1.54, 1.807) is 12.1 Å². The smallest absolute Gasteiger partial charge is 0.345 e. The van der Waals surface area contributed by atoms with E-state index in [2.05, 4.69) is 19.1 Å². The summed E-state index contributed by atoms with van der Waals surface area (Å²) in [5.74, 6) is -0.228. The second-order valence-electron chi connectivity index (χ2n) is 3.98. The Bertz CT molecular complexity index is 820. The number of rotatable bonds is 1. The van der Waals surface area contributed by atoms with Crippen molar-refractivity contribution in [3.05, 3.63) is 41.2 Å². The van der Waals surface area contributed by atoms with Crippen LogP contribution in [-0.4, -0.2) is 24.2 Å². The molecule has 0 aliphatic carbocycles. The molecule has 0 saturated carbocycles. The first-order valence-electron chi connectivity index (χ1n) is 5.48. The maximum atomic E-state index is 11.5. The van der Waals surface area contributed by atoms with Gasteiger partial charge in [0.05, 0.1) is 0 Å². The quantitative estimate of drug-likeness (QED) is 0.821. The van der Waals surface area contributed by atoms with Gasteiger partial charge in [-0.25, -0.2) is 14.7 Å². The first-order chi connectivity index (χ1) is 9.46. The molecule has 0 atom stereocenters. The van der Waals surface area contributed by atoms with Crippen LogP contribution in [0, 0.1) is 0 Å². The van der Waals surface area contributed by atoms with Gasteiger partial charge in [-0.2, -0.15) is 8.42 Å². The van der Waals surface area contributed by atoms with Crippen LogP contribution in [0.5, 0.6) is 0 Å². The van der Waals surface area contributed by atoms with Gasteiger partial charge in [0, 0.05) is 5.56 Å². The number of aromatic nitrogens is 2. The van der Waals surface area contributed by atoms with Crippen molar-refractivity contribution in [1.82, 2.24) is 9.97 Å². The van der Waals surface area contributed by atoms with Crippen LogP contribution in [0.1, 0.15) is 5.69 Å². The van der Waals surface area contributed by atoms with Crippen LogP contribution < -0.4 is 10.5 Å². The Kier molecular flexibility index (Phi) is 2.84. The van der Waals surface area contributed by atoms with Crippen molar-refractivity contribution in [3.63, 3.8) is 0 Å². The van der Waals surface area contributed by atoms with Gasteiger partial charge in [0.25, 0.3) is 0 Å². The zero-order valence-electron chi connectivity index (χ0n) is 9.91. The van der Waals surface area contributed by atoms with Crippen molar-refractivity contribution in [2.24, 2.45) is 10.1 Å². The predicted octanol–water partition coefficient (Wildman–Crippen LogP) is 1.17. The van der Waals surface area contributed by atoms with Gasteiger partial charge in [0.2, 0.25) is 0 Å². The maximum Gasteiger partial charge on any atom is 0.345 e. The zero-order chi connectivity index (χ0) is 14.3. The van der Waals surface area contributed by atoms with E-state index < -0.39 is 10.2 Å². The second kappa shape index (κ2) is 4.43. The molecule has 7 nitrogen and oxygen atoms in total. The van der Waals surface area contributed by atoms with Gasteiger partial charge < -0.3 is 5.73 Å². The van der Waals surface area contributed by atoms with Crippen LogP contribution >= 0.6 is 11.6 Å². The second-order valence-corrected chi connectivity index (χ2v) is 5.67. The molecule has 0 saturated heterocycles. The molecule has 1 aromatic heterocycles. The van der Waals surface area contributed by atoms with Gasteiger partial charge in [0.15, 0.2) is 22.5 Å². The minimum atomic E-state index is -3.89. The van der Waals surface area contributed by atoms with Gasteiger partial charge in [0.1, 0.15) is 5.69 Å². The topological polar surface area (TPSA) is 110 Å². The van der Waals surface area contributed by atoms with E-state index in [-0.39, 0.29) is 22.5 Å². The summed E-state index contributed by atoms with van der Waals surface area (Å²) < 4.78 is 28.4. The standard InChI is InChI=1S/C11H8ClN5O2S/c12-9-7(6-4-2-1-3-5-6)15-11-8(14-9)10(13)16-20(18,19)17-11/h1-5H,(H2,13,16)(H,15,17). The minimum Gasteiger partial charge on any atom is -0.381 e. The maximum absolute atomic E-state index is 11.5. The molecule has 102 valence electrons. The van der Waals surface area contributed by atoms with Crippen molar-refractivity contribution in [3.8, 4) is 11.3 Å². The fraction of sp³-hybridized carbons (Fsp3) is 0. The number of benzene rings is 1. The van der Waals surface area contributed by atoms with Crippen LogP contribution in [0.15, 0.2) is 34.7 Å². The minimum absolute atomic E-state index is 0.0146. The molecule has 0 radical (unpaired) electrons. The lowest BCUT2D eigenvalue weighted by Gasteiger charge is -2.15. The Morgan fingerprint density at radius 3 is 2.50 bits per heavy atom. The first kappa shape index (κ1) is 12.8. The SMILES string of the molecule is NC1=NS(=O)(=O)Nc2nc(-c3ccccc3)c(Cl)nc21. The average molecular weight is 310 g/mol. The number of nitrogens with zero attached hydrogens (tertiary/aromatic N) is 3. The lowest BCUT2D eigenvalue weighted by molar-refractivity contribution is 0.602. The van der Waals surface area contributed by atoms with Crippen LogP contribution in [0.3, 0.4) is 0 Å². The number of nitrogens with two attached hydrogens (primary N) is 1. The molecule has 0 spiro atoms. The number of hydrogen-bond donors (Lipinski definition) is 2. The number of anilines is 1. The molecule has 3 rings (SSSR count). The summed E-state index contributed by atoms with van der Waals surface area (Å²) in [6.45, 7) is 0. The molecular weight excluding hydrogens is 302 g/mol. The molecule has 9 heteroatoms. The fourth-order valence-electron chi connectivity index (χ4n) is 1.76. The van der Waals surface area contributed by atoms with Crippen molar-refractivity contribution in [2.75, 3.05) is 4.72 Å². The molecule has 0 bridgehead atoms. The van der Waals surface area contributed by atoms with Crippen molar-refractivity contribution >= 4 is 33.5 Å². The van der Waals surface area contributed by atoms with Crippen LogP contribution in [0.25, 0.3) is 11.3 Å². The van der Waals surface area contributed by atoms with Gasteiger partial charge in [-0.05, 0) is 0 Å². The monoisotopic (exact) mass is 309 g/mol. The van der Waals surface area contributed by atoms with E-state index in [4.69, 9.17) is 17.3 Å². The van der Waals surface area contributed by atoms with Crippen LogP contribution in [-0.2, 0) is 10.2 Å². The number of halogens is 1. The molecule has 1 aromatic carbocycles. The third-order valence-electron chi connectivity index (χ3n) is 2.59. The van der Waals surface area contributed by atoms with E-state index in [1.165, 1.54) is 0 Å².